The minimum Gasteiger partial charge on any atom is -0.481 e. The molecule has 20 heavy (non-hydrogen) atoms. The molecule has 1 N–H and O–H groups in total. The van der Waals surface area contributed by atoms with Gasteiger partial charge in [-0.05, 0) is 30.6 Å². The van der Waals surface area contributed by atoms with Crippen molar-refractivity contribution < 1.29 is 14.7 Å². The normalized spacial score (nSPS) is 28.2. The van der Waals surface area contributed by atoms with E-state index in [1.165, 1.54) is 0 Å². The number of aliphatic carboxylic acids is 1. The molecule has 0 bridgehead atoms. The van der Waals surface area contributed by atoms with Gasteiger partial charge in [0.1, 0.15) is 0 Å². The van der Waals surface area contributed by atoms with Crippen LogP contribution in [0.3, 0.4) is 0 Å². The number of carboxylic acids is 1. The van der Waals surface area contributed by atoms with E-state index in [0.29, 0.717) is 24.9 Å². The number of likely N-dealkylation sites (tertiary alicyclic amines) is 2. The van der Waals surface area contributed by atoms with Crippen LogP contribution >= 0.6 is 0 Å². The van der Waals surface area contributed by atoms with Crippen molar-refractivity contribution in [2.24, 2.45) is 23.7 Å². The van der Waals surface area contributed by atoms with E-state index in [0.717, 1.165) is 25.9 Å². The molecule has 2 aliphatic rings. The number of rotatable bonds is 2. The first-order valence-electron chi connectivity index (χ1n) is 7.66. The van der Waals surface area contributed by atoms with E-state index >= 15 is 0 Å². The molecule has 0 aliphatic carbocycles. The highest BCUT2D eigenvalue weighted by molar-refractivity contribution is 5.77. The number of carbonyl (C=O) groups is 2. The molecule has 5 heteroatoms. The predicted octanol–water partition coefficient (Wildman–Crippen LogP) is 2.13. The molecular weight excluding hydrogens is 256 g/mol. The van der Waals surface area contributed by atoms with Crippen molar-refractivity contribution in [3.05, 3.63) is 0 Å². The molecule has 0 saturated carbocycles. The zero-order valence-corrected chi connectivity index (χ0v) is 12.7. The van der Waals surface area contributed by atoms with Crippen LogP contribution in [0.5, 0.6) is 0 Å². The van der Waals surface area contributed by atoms with Crippen LogP contribution in [0.1, 0.15) is 33.6 Å². The summed E-state index contributed by atoms with van der Waals surface area (Å²) in [5, 5.41) is 9.14. The molecule has 0 radical (unpaired) electrons. The standard InChI is InChI=1S/C15H26N2O3/c1-10(2)12-4-6-16(7-5-12)15(20)17-8-11(3)13(9-17)14(18)19/h10-13H,4-9H2,1-3H3,(H,18,19)/t11-,13-/m1/s1. The first-order chi connectivity index (χ1) is 9.40. The van der Waals surface area contributed by atoms with E-state index in [1.54, 1.807) is 4.90 Å². The molecule has 2 saturated heterocycles. The molecule has 2 amide bonds. The maximum atomic E-state index is 12.4. The Morgan fingerprint density at radius 3 is 2.15 bits per heavy atom. The molecule has 114 valence electrons. The van der Waals surface area contributed by atoms with E-state index in [4.69, 9.17) is 5.11 Å². The predicted molar refractivity (Wildman–Crippen MR) is 76.4 cm³/mol. The topological polar surface area (TPSA) is 60.9 Å². The van der Waals surface area contributed by atoms with Crippen LogP contribution in [-0.4, -0.2) is 53.1 Å². The van der Waals surface area contributed by atoms with Crippen molar-refractivity contribution in [3.8, 4) is 0 Å². The third-order valence-corrected chi connectivity index (χ3v) is 4.95. The molecule has 2 atom stereocenters. The van der Waals surface area contributed by atoms with Gasteiger partial charge in [-0.2, -0.15) is 0 Å². The summed E-state index contributed by atoms with van der Waals surface area (Å²) in [5.41, 5.74) is 0. The maximum Gasteiger partial charge on any atom is 0.320 e. The van der Waals surface area contributed by atoms with Gasteiger partial charge >= 0.3 is 12.0 Å². The Labute approximate surface area is 120 Å². The largest absolute Gasteiger partial charge is 0.481 e. The van der Waals surface area contributed by atoms with Gasteiger partial charge < -0.3 is 14.9 Å². The average molecular weight is 282 g/mol. The number of carbonyl (C=O) groups excluding carboxylic acids is 1. The lowest BCUT2D eigenvalue weighted by molar-refractivity contribution is -0.142. The lowest BCUT2D eigenvalue weighted by atomic mass is 9.87. The summed E-state index contributed by atoms with van der Waals surface area (Å²) in [6.07, 6.45) is 2.13. The van der Waals surface area contributed by atoms with Crippen molar-refractivity contribution in [1.29, 1.82) is 0 Å². The number of hydrogen-bond donors (Lipinski definition) is 1. The highest BCUT2D eigenvalue weighted by Gasteiger charge is 2.39. The monoisotopic (exact) mass is 282 g/mol. The molecule has 0 spiro atoms. The third kappa shape index (κ3) is 3.07. The van der Waals surface area contributed by atoms with Crippen LogP contribution < -0.4 is 0 Å². The third-order valence-electron chi connectivity index (χ3n) is 4.95. The first kappa shape index (κ1) is 15.1. The van der Waals surface area contributed by atoms with Crippen molar-refractivity contribution in [3.63, 3.8) is 0 Å². The van der Waals surface area contributed by atoms with Gasteiger partial charge in [-0.1, -0.05) is 20.8 Å². The van der Waals surface area contributed by atoms with Crippen LogP contribution in [0, 0.1) is 23.7 Å². The Bertz CT molecular complexity index is 375. The van der Waals surface area contributed by atoms with Gasteiger partial charge in [0.2, 0.25) is 0 Å². The zero-order valence-electron chi connectivity index (χ0n) is 12.7. The van der Waals surface area contributed by atoms with E-state index in [1.807, 2.05) is 11.8 Å². The number of urea groups is 1. The fourth-order valence-corrected chi connectivity index (χ4v) is 3.40. The summed E-state index contributed by atoms with van der Waals surface area (Å²) in [7, 11) is 0. The number of hydrogen-bond acceptors (Lipinski definition) is 2. The van der Waals surface area contributed by atoms with Crippen LogP contribution in [-0.2, 0) is 4.79 Å². The molecule has 5 nitrogen and oxygen atoms in total. The zero-order chi connectivity index (χ0) is 14.9. The fourth-order valence-electron chi connectivity index (χ4n) is 3.40. The SMILES string of the molecule is CC(C)C1CCN(C(=O)N2C[C@@H](C)[C@H](C(=O)O)C2)CC1. The summed E-state index contributed by atoms with van der Waals surface area (Å²) in [5.74, 6) is 0.238. The van der Waals surface area contributed by atoms with Gasteiger partial charge in [0.05, 0.1) is 5.92 Å². The highest BCUT2D eigenvalue weighted by atomic mass is 16.4. The van der Waals surface area contributed by atoms with Crippen LogP contribution in [0.15, 0.2) is 0 Å². The Kier molecular flexibility index (Phi) is 4.55. The lowest BCUT2D eigenvalue weighted by Gasteiger charge is -2.36. The van der Waals surface area contributed by atoms with Gasteiger partial charge in [0.15, 0.2) is 0 Å². The Balaban J connectivity index is 1.89. The summed E-state index contributed by atoms with van der Waals surface area (Å²) >= 11 is 0. The van der Waals surface area contributed by atoms with Crippen LogP contribution in [0.2, 0.25) is 0 Å². The number of carboxylic acid groups (broad SMARTS) is 1. The van der Waals surface area contributed by atoms with E-state index < -0.39 is 11.9 Å². The Hall–Kier alpha value is -1.26. The highest BCUT2D eigenvalue weighted by Crippen LogP contribution is 2.28. The molecule has 0 unspecified atom stereocenters. The van der Waals surface area contributed by atoms with E-state index in [-0.39, 0.29) is 11.9 Å². The minimum absolute atomic E-state index is 0.0304. The second-order valence-electron chi connectivity index (χ2n) is 6.68. The smallest absolute Gasteiger partial charge is 0.320 e. The Morgan fingerprint density at radius 1 is 1.10 bits per heavy atom. The molecule has 0 aromatic heterocycles. The summed E-state index contributed by atoms with van der Waals surface area (Å²) < 4.78 is 0. The minimum atomic E-state index is -0.786. The van der Waals surface area contributed by atoms with Gasteiger partial charge in [-0.25, -0.2) is 4.79 Å². The van der Waals surface area contributed by atoms with Gasteiger partial charge in [0, 0.05) is 26.2 Å². The van der Waals surface area contributed by atoms with Crippen molar-refractivity contribution in [2.45, 2.75) is 33.6 Å². The number of nitrogens with zero attached hydrogens (tertiary/aromatic N) is 2. The number of amides is 2. The van der Waals surface area contributed by atoms with Crippen molar-refractivity contribution >= 4 is 12.0 Å². The van der Waals surface area contributed by atoms with Crippen molar-refractivity contribution in [1.82, 2.24) is 9.80 Å². The molecule has 2 fully saturated rings. The second kappa shape index (κ2) is 6.02. The van der Waals surface area contributed by atoms with E-state index in [2.05, 4.69) is 13.8 Å². The summed E-state index contributed by atoms with van der Waals surface area (Å²) in [4.78, 5) is 27.2. The summed E-state index contributed by atoms with van der Waals surface area (Å²) in [6.45, 7) is 8.94. The summed E-state index contributed by atoms with van der Waals surface area (Å²) in [6, 6.07) is 0.0304. The quantitative estimate of drug-likeness (QED) is 0.844. The molecule has 0 aromatic carbocycles. The molecule has 2 rings (SSSR count). The molecule has 0 aromatic rings. The lowest BCUT2D eigenvalue weighted by Crippen LogP contribution is -2.46. The van der Waals surface area contributed by atoms with Crippen LogP contribution in [0.25, 0.3) is 0 Å². The average Bonchev–Trinajstić information content (AvgIpc) is 2.80. The van der Waals surface area contributed by atoms with Gasteiger partial charge in [-0.3, -0.25) is 4.79 Å². The van der Waals surface area contributed by atoms with Crippen LogP contribution in [0.4, 0.5) is 4.79 Å². The number of piperidine rings is 1. The van der Waals surface area contributed by atoms with Gasteiger partial charge in [-0.15, -0.1) is 0 Å². The second-order valence-corrected chi connectivity index (χ2v) is 6.68. The van der Waals surface area contributed by atoms with E-state index in [9.17, 15) is 9.59 Å². The molecule has 2 aliphatic heterocycles. The fraction of sp³-hybridized carbons (Fsp3) is 0.867. The molecule has 2 heterocycles. The maximum absolute atomic E-state index is 12.4. The Morgan fingerprint density at radius 2 is 1.70 bits per heavy atom. The van der Waals surface area contributed by atoms with Gasteiger partial charge in [0.25, 0.3) is 0 Å². The van der Waals surface area contributed by atoms with Crippen molar-refractivity contribution in [2.75, 3.05) is 26.2 Å². The molecular formula is C15H26N2O3. The first-order valence-corrected chi connectivity index (χ1v) is 7.66.